The number of quaternary nitrogens is 2. The molecule has 0 amide bonds. The Bertz CT molecular complexity index is 969. The first-order valence-electron chi connectivity index (χ1n) is 13.6. The van der Waals surface area contributed by atoms with Crippen LogP contribution in [0.5, 0.6) is 11.5 Å². The molecule has 1 atom stereocenters. The molecule has 38 heavy (non-hydrogen) atoms. The van der Waals surface area contributed by atoms with Gasteiger partial charge in [-0.3, -0.25) is 0 Å². The summed E-state index contributed by atoms with van der Waals surface area (Å²) < 4.78 is 10.4. The molecule has 1 unspecified atom stereocenters. The van der Waals surface area contributed by atoms with Crippen LogP contribution in [0.4, 0.5) is 0 Å². The molecule has 0 radical (unpaired) electrons. The van der Waals surface area contributed by atoms with E-state index in [1.807, 2.05) is 12.1 Å². The number of hydrogen-bond acceptors (Lipinski definition) is 2. The third-order valence-electron chi connectivity index (χ3n) is 5.84. The molecule has 210 valence electrons. The number of nitrogens with one attached hydrogen (secondary N) is 2. The van der Waals surface area contributed by atoms with Crippen LogP contribution in [0.15, 0.2) is 36.4 Å². The molecule has 0 aromatic heterocycles. The van der Waals surface area contributed by atoms with E-state index in [-0.39, 0.29) is 34.2 Å². The van der Waals surface area contributed by atoms with Gasteiger partial charge in [-0.2, -0.15) is 0 Å². The standard InChI is InChI=1S/C24H36N2O2.C6H18NSi2.Mg/c1-18-14-20(23(27)21(15-18)24(2,3)4)17-26(13-12-25(5)6)16-19-10-8-9-11-22(19)28-7;1-8(2,3)7-9(4,5)6;/h8-11,14-15,27H,12-13,16-17H2,1-7H3;1-6H3;/q;-1;+2/p+1. The number of rotatable bonds is 10. The fraction of sp³-hybridized carbons (Fsp3) is 0.600. The van der Waals surface area contributed by atoms with Gasteiger partial charge in [0, 0.05) is 5.56 Å². The number of para-hydroxylation sites is 1. The summed E-state index contributed by atoms with van der Waals surface area (Å²) in [5.74, 6) is 1.12. The third kappa shape index (κ3) is 14.5. The molecular weight excluding hydrogens is 515 g/mol. The average molecular weight is 570 g/mol. The molecule has 2 rings (SSSR count). The van der Waals surface area contributed by atoms with Gasteiger partial charge in [0.05, 0.1) is 21.2 Å². The Balaban J connectivity index is 0.00000118. The van der Waals surface area contributed by atoms with Gasteiger partial charge in [-0.1, -0.05) is 112 Å². The molecule has 2 aromatic carbocycles. The van der Waals surface area contributed by atoms with Crippen molar-refractivity contribution < 1.29 is 19.6 Å². The topological polar surface area (TPSA) is 55.3 Å². The normalized spacial score (nSPS) is 12.9. The van der Waals surface area contributed by atoms with E-state index < -0.39 is 16.5 Å². The van der Waals surface area contributed by atoms with E-state index in [0.29, 0.717) is 0 Å². The molecule has 0 saturated heterocycles. The predicted octanol–water partition coefficient (Wildman–Crippen LogP) is 3.75. The molecule has 2 aromatic rings. The summed E-state index contributed by atoms with van der Waals surface area (Å²) in [6.07, 6.45) is 0. The molecule has 0 heterocycles. The van der Waals surface area contributed by atoms with Gasteiger partial charge in [-0.25, -0.2) is 0 Å². The van der Waals surface area contributed by atoms with Crippen LogP contribution in [0, 0.1) is 6.92 Å². The third-order valence-corrected chi connectivity index (χ3v) is 11.2. The maximum atomic E-state index is 13.2. The van der Waals surface area contributed by atoms with Crippen molar-refractivity contribution in [3.8, 4) is 11.5 Å². The Hall–Kier alpha value is -0.880. The first kappa shape index (κ1) is 37.1. The predicted molar refractivity (Wildman–Crippen MR) is 169 cm³/mol. The average Bonchev–Trinajstić information content (AvgIpc) is 2.71. The van der Waals surface area contributed by atoms with E-state index in [1.165, 1.54) is 15.4 Å². The summed E-state index contributed by atoms with van der Waals surface area (Å²) in [5, 5.41) is 13.2. The zero-order valence-corrected chi connectivity index (χ0v) is 30.2. The molecular formula is C30H55MgN3O2Si2+2. The van der Waals surface area contributed by atoms with Crippen molar-refractivity contribution in [1.82, 2.24) is 0 Å². The van der Waals surface area contributed by atoms with Gasteiger partial charge in [-0.15, -0.1) is 0 Å². The molecule has 0 aliphatic heterocycles. The van der Waals surface area contributed by atoms with E-state index in [1.54, 1.807) is 7.11 Å². The molecule has 0 spiro atoms. The summed E-state index contributed by atoms with van der Waals surface area (Å²) >= 11 is 0. The van der Waals surface area contributed by atoms with Crippen LogP contribution < -0.4 is 19.6 Å². The fourth-order valence-electron chi connectivity index (χ4n) is 4.60. The number of nitrogens with zero attached hydrogens (tertiary/aromatic N) is 1. The molecule has 0 saturated carbocycles. The maximum absolute atomic E-state index is 13.2. The second-order valence-electron chi connectivity index (χ2n) is 13.6. The Morgan fingerprint density at radius 3 is 1.84 bits per heavy atom. The summed E-state index contributed by atoms with van der Waals surface area (Å²) in [7, 11) is 3.85. The van der Waals surface area contributed by atoms with Crippen LogP contribution >= 0.6 is 0 Å². The fourth-order valence-corrected chi connectivity index (χ4v) is 12.6. The van der Waals surface area contributed by atoms with Crippen LogP contribution in [-0.2, 0) is 18.5 Å². The minimum absolute atomic E-state index is 0. The second kappa shape index (κ2) is 15.8. The smallest absolute Gasteiger partial charge is 0.872 e. The first-order chi connectivity index (χ1) is 16.8. The summed E-state index contributed by atoms with van der Waals surface area (Å²) in [4.78, 5) is 2.80. The van der Waals surface area contributed by atoms with Crippen LogP contribution in [0.1, 0.15) is 43.0 Å². The van der Waals surface area contributed by atoms with Gasteiger partial charge in [-0.05, 0) is 35.6 Å². The quantitative estimate of drug-likeness (QED) is 0.428. The SMILES string of the molecule is COc1ccccc1C[NH+](CC[NH+](C)C)Cc1cc(C)cc(C(C)(C)C)c1[O-].C[Si](C)(C)[N-][Si](C)(C)C.[Mg+2]. The van der Waals surface area contributed by atoms with Crippen LogP contribution in [0.25, 0.3) is 4.65 Å². The van der Waals surface area contributed by atoms with Crippen molar-refractivity contribution in [3.05, 3.63) is 63.3 Å². The van der Waals surface area contributed by atoms with Crippen molar-refractivity contribution in [2.75, 3.05) is 34.3 Å². The van der Waals surface area contributed by atoms with E-state index in [0.717, 1.165) is 48.6 Å². The van der Waals surface area contributed by atoms with Gasteiger partial charge in [0.1, 0.15) is 31.9 Å². The maximum Gasteiger partial charge on any atom is 2.00 e. The summed E-state index contributed by atoms with van der Waals surface area (Å²) in [6.45, 7) is 25.8. The van der Waals surface area contributed by atoms with Crippen molar-refractivity contribution in [2.24, 2.45) is 0 Å². The molecule has 2 N–H and O–H groups in total. The van der Waals surface area contributed by atoms with Crippen molar-refractivity contribution in [1.29, 1.82) is 0 Å². The summed E-state index contributed by atoms with van der Waals surface area (Å²) in [6, 6.07) is 12.3. The Morgan fingerprint density at radius 1 is 0.868 bits per heavy atom. The van der Waals surface area contributed by atoms with Gasteiger partial charge >= 0.3 is 23.1 Å². The molecule has 0 fully saturated rings. The van der Waals surface area contributed by atoms with Crippen molar-refractivity contribution in [2.45, 2.75) is 85.5 Å². The van der Waals surface area contributed by atoms with Gasteiger partial charge < -0.3 is 24.3 Å². The van der Waals surface area contributed by atoms with Crippen LogP contribution in [0.2, 0.25) is 39.3 Å². The number of hydrogen-bond donors (Lipinski definition) is 2. The largest absolute Gasteiger partial charge is 2.00 e. The number of aryl methyl sites for hydroxylation is 1. The first-order valence-corrected chi connectivity index (χ1v) is 20.5. The number of methoxy groups -OCH3 is 1. The molecule has 8 heteroatoms. The van der Waals surface area contributed by atoms with Crippen LogP contribution in [0.3, 0.4) is 0 Å². The molecule has 5 nitrogen and oxygen atoms in total. The monoisotopic (exact) mass is 569 g/mol. The summed E-state index contributed by atoms with van der Waals surface area (Å²) in [5.41, 5.74) is 4.04. The molecule has 0 aliphatic carbocycles. The Morgan fingerprint density at radius 2 is 1.39 bits per heavy atom. The minimum atomic E-state index is -1.11. The van der Waals surface area contributed by atoms with Gasteiger partial charge in [0.25, 0.3) is 0 Å². The van der Waals surface area contributed by atoms with E-state index in [2.05, 4.69) is 105 Å². The van der Waals surface area contributed by atoms with E-state index in [9.17, 15) is 5.11 Å². The van der Waals surface area contributed by atoms with Crippen molar-refractivity contribution in [3.63, 3.8) is 0 Å². The van der Waals surface area contributed by atoms with E-state index >= 15 is 0 Å². The van der Waals surface area contributed by atoms with Crippen LogP contribution in [-0.4, -0.2) is 73.8 Å². The zero-order chi connectivity index (χ0) is 28.6. The van der Waals surface area contributed by atoms with E-state index in [4.69, 9.17) is 9.38 Å². The zero-order valence-electron chi connectivity index (χ0n) is 26.8. The molecule has 0 bridgehead atoms. The Labute approximate surface area is 252 Å². The minimum Gasteiger partial charge on any atom is -0.872 e. The molecule has 0 aliphatic rings. The number of benzene rings is 2. The number of ether oxygens (including phenoxy) is 1. The second-order valence-corrected chi connectivity index (χ2v) is 23.2. The van der Waals surface area contributed by atoms with Gasteiger partial charge in [0.2, 0.25) is 0 Å². The Kier molecular flexibility index (Phi) is 15.4. The van der Waals surface area contributed by atoms with Gasteiger partial charge in [0.15, 0.2) is 0 Å². The van der Waals surface area contributed by atoms with Crippen molar-refractivity contribution >= 4 is 39.5 Å². The number of likely N-dealkylation sites (N-methyl/N-ethyl adjacent to an activating group) is 1.